The molecular formula is C54H59N3. The third-order valence-corrected chi connectivity index (χ3v) is 11.5. The molecule has 1 heterocycles. The van der Waals surface area contributed by atoms with E-state index in [1.807, 2.05) is 0 Å². The van der Waals surface area contributed by atoms with Crippen molar-refractivity contribution < 1.29 is 0 Å². The summed E-state index contributed by atoms with van der Waals surface area (Å²) in [5.74, 6) is 1.85. The van der Waals surface area contributed by atoms with Gasteiger partial charge in [0.2, 0.25) is 0 Å². The summed E-state index contributed by atoms with van der Waals surface area (Å²) in [6.07, 6.45) is 3.30. The van der Waals surface area contributed by atoms with Crippen molar-refractivity contribution >= 4 is 0 Å². The molecule has 0 radical (unpaired) electrons. The summed E-state index contributed by atoms with van der Waals surface area (Å²) in [5.41, 5.74) is 15.6. The van der Waals surface area contributed by atoms with Crippen LogP contribution in [0.5, 0.6) is 0 Å². The highest BCUT2D eigenvalue weighted by Gasteiger charge is 2.30. The zero-order valence-corrected chi connectivity index (χ0v) is 35.7. The van der Waals surface area contributed by atoms with E-state index in [-0.39, 0.29) is 16.2 Å². The molecule has 0 saturated heterocycles. The largest absolute Gasteiger partial charge is 0.278 e. The number of hydrogen-bond donors (Lipinski definition) is 0. The lowest BCUT2D eigenvalue weighted by Crippen LogP contribution is -2.23. The molecule has 0 amide bonds. The van der Waals surface area contributed by atoms with Crippen LogP contribution in [0.15, 0.2) is 140 Å². The predicted octanol–water partition coefficient (Wildman–Crippen LogP) is 15.0. The van der Waals surface area contributed by atoms with E-state index < -0.39 is 0 Å². The molecule has 0 bridgehead atoms. The fourth-order valence-corrected chi connectivity index (χ4v) is 7.88. The molecule has 0 aliphatic heterocycles. The van der Waals surface area contributed by atoms with Crippen LogP contribution in [0, 0.1) is 6.92 Å². The molecule has 7 aromatic rings. The molecule has 3 heteroatoms. The van der Waals surface area contributed by atoms with E-state index in [4.69, 9.17) is 10.2 Å². The van der Waals surface area contributed by atoms with Crippen molar-refractivity contribution in [3.05, 3.63) is 162 Å². The lowest BCUT2D eigenvalue weighted by Gasteiger charge is -2.26. The lowest BCUT2D eigenvalue weighted by atomic mass is 9.85. The van der Waals surface area contributed by atoms with Crippen molar-refractivity contribution in [2.75, 3.05) is 0 Å². The highest BCUT2D eigenvalue weighted by molar-refractivity contribution is 5.83. The van der Waals surface area contributed by atoms with Gasteiger partial charge in [-0.3, -0.25) is 4.57 Å². The van der Waals surface area contributed by atoms with Gasteiger partial charge in [-0.2, -0.15) is 0 Å². The lowest BCUT2D eigenvalue weighted by molar-refractivity contribution is 0.425. The second kappa shape index (κ2) is 15.8. The van der Waals surface area contributed by atoms with Crippen LogP contribution in [0.25, 0.3) is 61.6 Å². The fraction of sp³-hybridized carbons (Fsp3) is 0.296. The van der Waals surface area contributed by atoms with Crippen LogP contribution in [-0.4, -0.2) is 14.8 Å². The van der Waals surface area contributed by atoms with Crippen LogP contribution in [0.4, 0.5) is 0 Å². The fourth-order valence-electron chi connectivity index (χ4n) is 7.88. The Hall–Kier alpha value is -5.54. The first-order chi connectivity index (χ1) is 27.1. The second-order valence-corrected chi connectivity index (χ2v) is 18.6. The van der Waals surface area contributed by atoms with Crippen molar-refractivity contribution in [1.82, 2.24) is 14.8 Å². The SMILES string of the molecule is CCCCC(C)(C)c1nnc(-c2cccc(-c3cc(-c4ccc(C(C)(C)C)cc4)cc(-c4ccc(C(C)(C)C)cc4)c3)c2)n1-c1ccc(-c2ccccc2)cc1C. The maximum Gasteiger partial charge on any atom is 0.168 e. The van der Waals surface area contributed by atoms with Gasteiger partial charge in [-0.1, -0.05) is 178 Å². The van der Waals surface area contributed by atoms with E-state index in [1.54, 1.807) is 0 Å². The molecule has 0 saturated carbocycles. The van der Waals surface area contributed by atoms with Crippen molar-refractivity contribution in [2.24, 2.45) is 0 Å². The Kier molecular flexibility index (Phi) is 11.0. The summed E-state index contributed by atoms with van der Waals surface area (Å²) in [5, 5.41) is 9.98. The summed E-state index contributed by atoms with van der Waals surface area (Å²) in [4.78, 5) is 0. The van der Waals surface area contributed by atoms with E-state index in [0.717, 1.165) is 47.7 Å². The number of hydrogen-bond acceptors (Lipinski definition) is 2. The first-order valence-corrected chi connectivity index (χ1v) is 20.7. The Labute approximate surface area is 341 Å². The first-order valence-electron chi connectivity index (χ1n) is 20.7. The normalized spacial score (nSPS) is 12.2. The first kappa shape index (κ1) is 39.7. The van der Waals surface area contributed by atoms with Crippen molar-refractivity contribution in [2.45, 2.75) is 105 Å². The molecule has 290 valence electrons. The van der Waals surface area contributed by atoms with Crippen LogP contribution in [-0.2, 0) is 16.2 Å². The Morgan fingerprint density at radius 2 is 0.912 bits per heavy atom. The molecule has 57 heavy (non-hydrogen) atoms. The van der Waals surface area contributed by atoms with Gasteiger partial charge >= 0.3 is 0 Å². The molecule has 0 aliphatic carbocycles. The molecule has 6 aromatic carbocycles. The Morgan fingerprint density at radius 3 is 1.44 bits per heavy atom. The monoisotopic (exact) mass is 749 g/mol. The number of rotatable bonds is 10. The summed E-state index contributed by atoms with van der Waals surface area (Å²) < 4.78 is 2.33. The molecule has 3 nitrogen and oxygen atoms in total. The van der Waals surface area contributed by atoms with Crippen molar-refractivity contribution in [3.63, 3.8) is 0 Å². The molecular weight excluding hydrogens is 691 g/mol. The second-order valence-electron chi connectivity index (χ2n) is 18.6. The average Bonchev–Trinajstić information content (AvgIpc) is 3.66. The van der Waals surface area contributed by atoms with Gasteiger partial charge in [-0.25, -0.2) is 0 Å². The van der Waals surface area contributed by atoms with Gasteiger partial charge in [0, 0.05) is 11.0 Å². The van der Waals surface area contributed by atoms with E-state index in [2.05, 4.69) is 213 Å². The summed E-state index contributed by atoms with van der Waals surface area (Å²) in [6, 6.07) is 51.5. The zero-order valence-electron chi connectivity index (χ0n) is 35.7. The van der Waals surface area contributed by atoms with Crippen LogP contribution < -0.4 is 0 Å². The van der Waals surface area contributed by atoms with Gasteiger partial charge < -0.3 is 0 Å². The number of unbranched alkanes of at least 4 members (excludes halogenated alkanes) is 1. The molecule has 0 unspecified atom stereocenters. The summed E-state index contributed by atoms with van der Waals surface area (Å²) >= 11 is 0. The van der Waals surface area contributed by atoms with Crippen molar-refractivity contribution in [1.29, 1.82) is 0 Å². The number of nitrogens with zero attached hydrogens (tertiary/aromatic N) is 3. The van der Waals surface area contributed by atoms with E-state index in [0.29, 0.717) is 0 Å². The maximum absolute atomic E-state index is 4.99. The van der Waals surface area contributed by atoms with Gasteiger partial charge in [-0.05, 0) is 122 Å². The molecule has 0 spiro atoms. The van der Waals surface area contributed by atoms with E-state index in [1.165, 1.54) is 55.6 Å². The standard InChI is InChI=1S/C54H59N3/c1-11-12-31-54(9,10)51-56-55-50(57(51)49-30-25-42(32-37(49)2)38-17-14-13-15-18-38)43-20-16-19-41(33-43)46-35-44(39-21-26-47(27-22-39)52(3,4)5)34-45(36-46)40-23-28-48(29-24-40)53(6,7)8/h13-30,32-36H,11-12,31H2,1-10H3. The average molecular weight is 750 g/mol. The quantitative estimate of drug-likeness (QED) is 0.139. The van der Waals surface area contributed by atoms with E-state index >= 15 is 0 Å². The Balaban J connectivity index is 1.37. The summed E-state index contributed by atoms with van der Waals surface area (Å²) in [7, 11) is 0. The predicted molar refractivity (Wildman–Crippen MR) is 243 cm³/mol. The molecule has 0 fully saturated rings. The molecule has 7 rings (SSSR count). The topological polar surface area (TPSA) is 30.7 Å². The van der Waals surface area contributed by atoms with Crippen LogP contribution in [0.1, 0.15) is 104 Å². The third kappa shape index (κ3) is 8.59. The minimum absolute atomic E-state index is 0.0922. The van der Waals surface area contributed by atoms with Gasteiger partial charge in [0.15, 0.2) is 5.82 Å². The van der Waals surface area contributed by atoms with Gasteiger partial charge in [0.05, 0.1) is 5.69 Å². The highest BCUT2D eigenvalue weighted by atomic mass is 15.3. The molecule has 1 aromatic heterocycles. The Morgan fingerprint density at radius 1 is 0.456 bits per heavy atom. The minimum Gasteiger partial charge on any atom is -0.278 e. The van der Waals surface area contributed by atoms with Gasteiger partial charge in [-0.15, -0.1) is 10.2 Å². The van der Waals surface area contributed by atoms with Crippen LogP contribution >= 0.6 is 0 Å². The Bertz CT molecular complexity index is 2390. The minimum atomic E-state index is -0.169. The number of aryl methyl sites for hydroxylation is 1. The van der Waals surface area contributed by atoms with Crippen LogP contribution in [0.3, 0.4) is 0 Å². The van der Waals surface area contributed by atoms with Crippen LogP contribution in [0.2, 0.25) is 0 Å². The molecule has 0 N–H and O–H groups in total. The summed E-state index contributed by atoms with van der Waals surface area (Å²) in [6.45, 7) is 22.7. The highest BCUT2D eigenvalue weighted by Crippen LogP contribution is 2.39. The van der Waals surface area contributed by atoms with Gasteiger partial charge in [0.1, 0.15) is 5.82 Å². The smallest absolute Gasteiger partial charge is 0.168 e. The molecule has 0 atom stereocenters. The maximum atomic E-state index is 4.99. The number of aromatic nitrogens is 3. The van der Waals surface area contributed by atoms with E-state index in [9.17, 15) is 0 Å². The number of benzene rings is 6. The van der Waals surface area contributed by atoms with Crippen molar-refractivity contribution in [3.8, 4) is 61.6 Å². The zero-order chi connectivity index (χ0) is 40.5. The third-order valence-electron chi connectivity index (χ3n) is 11.5. The molecule has 0 aliphatic rings. The van der Waals surface area contributed by atoms with Gasteiger partial charge in [0.25, 0.3) is 0 Å².